The number of amides is 1. The Balaban J connectivity index is 1.34. The van der Waals surface area contributed by atoms with Crippen LogP contribution in [0.4, 0.5) is 5.69 Å². The van der Waals surface area contributed by atoms with Crippen LogP contribution in [-0.2, 0) is 6.61 Å². The molecule has 3 aromatic rings. The average molecular weight is 458 g/mol. The number of anilines is 1. The molecule has 0 aliphatic carbocycles. The SMILES string of the molecule is COc1ccc(N2CCN(C(=O)c3sc(COc4ccc(Cl)cc4)nc3C)CC2)cc1. The Morgan fingerprint density at radius 2 is 1.68 bits per heavy atom. The van der Waals surface area contributed by atoms with Gasteiger partial charge in [0.2, 0.25) is 0 Å². The normalized spacial score (nSPS) is 13.9. The quantitative estimate of drug-likeness (QED) is 0.539. The van der Waals surface area contributed by atoms with E-state index in [0.29, 0.717) is 29.6 Å². The summed E-state index contributed by atoms with van der Waals surface area (Å²) < 4.78 is 11.0. The molecule has 1 saturated heterocycles. The maximum atomic E-state index is 13.1. The van der Waals surface area contributed by atoms with Gasteiger partial charge < -0.3 is 19.3 Å². The molecule has 6 nitrogen and oxygen atoms in total. The zero-order valence-corrected chi connectivity index (χ0v) is 19.1. The van der Waals surface area contributed by atoms with E-state index in [-0.39, 0.29) is 5.91 Å². The molecule has 1 fully saturated rings. The summed E-state index contributed by atoms with van der Waals surface area (Å²) in [7, 11) is 1.66. The number of halogens is 1. The largest absolute Gasteiger partial charge is 0.497 e. The predicted molar refractivity (Wildman–Crippen MR) is 124 cm³/mol. The van der Waals surface area contributed by atoms with E-state index >= 15 is 0 Å². The number of nitrogens with zero attached hydrogens (tertiary/aromatic N) is 3. The maximum absolute atomic E-state index is 13.1. The van der Waals surface area contributed by atoms with Gasteiger partial charge in [-0.2, -0.15) is 0 Å². The zero-order chi connectivity index (χ0) is 21.8. The van der Waals surface area contributed by atoms with Gasteiger partial charge in [0.05, 0.1) is 12.8 Å². The third-order valence-corrected chi connectivity index (χ3v) is 6.59. The monoisotopic (exact) mass is 457 g/mol. The molecule has 0 unspecified atom stereocenters. The van der Waals surface area contributed by atoms with Crippen LogP contribution in [0.3, 0.4) is 0 Å². The highest BCUT2D eigenvalue weighted by Gasteiger charge is 2.25. The lowest BCUT2D eigenvalue weighted by Crippen LogP contribution is -2.48. The summed E-state index contributed by atoms with van der Waals surface area (Å²) in [5.41, 5.74) is 1.89. The maximum Gasteiger partial charge on any atom is 0.265 e. The Labute approximate surface area is 191 Å². The van der Waals surface area contributed by atoms with E-state index in [4.69, 9.17) is 21.1 Å². The number of methoxy groups -OCH3 is 1. The summed E-state index contributed by atoms with van der Waals surface area (Å²) >= 11 is 7.31. The Kier molecular flexibility index (Phi) is 6.63. The number of piperazine rings is 1. The fourth-order valence-electron chi connectivity index (χ4n) is 3.49. The first-order chi connectivity index (χ1) is 15.0. The number of aromatic nitrogens is 1. The number of hydrogen-bond donors (Lipinski definition) is 0. The number of hydrogen-bond acceptors (Lipinski definition) is 6. The Morgan fingerprint density at radius 1 is 1.03 bits per heavy atom. The van der Waals surface area contributed by atoms with Crippen LogP contribution in [0.25, 0.3) is 0 Å². The van der Waals surface area contributed by atoms with Crippen molar-refractivity contribution in [2.75, 3.05) is 38.2 Å². The molecular formula is C23H24ClN3O3S. The Morgan fingerprint density at radius 3 is 2.32 bits per heavy atom. The summed E-state index contributed by atoms with van der Waals surface area (Å²) in [5, 5.41) is 1.45. The van der Waals surface area contributed by atoms with Crippen LogP contribution in [0.1, 0.15) is 20.4 Å². The van der Waals surface area contributed by atoms with Crippen molar-refractivity contribution < 1.29 is 14.3 Å². The van der Waals surface area contributed by atoms with Gasteiger partial charge in [0.15, 0.2) is 0 Å². The average Bonchev–Trinajstić information content (AvgIpc) is 3.19. The molecule has 1 amide bonds. The summed E-state index contributed by atoms with van der Waals surface area (Å²) in [6.45, 7) is 5.15. The smallest absolute Gasteiger partial charge is 0.265 e. The predicted octanol–water partition coefficient (Wildman–Crippen LogP) is 4.65. The minimum atomic E-state index is 0.0436. The summed E-state index contributed by atoms with van der Waals surface area (Å²) in [6.07, 6.45) is 0. The van der Waals surface area contributed by atoms with Crippen LogP contribution in [0, 0.1) is 6.92 Å². The van der Waals surface area contributed by atoms with Crippen molar-refractivity contribution in [3.63, 3.8) is 0 Å². The van der Waals surface area contributed by atoms with Crippen LogP contribution in [0.15, 0.2) is 48.5 Å². The van der Waals surface area contributed by atoms with Crippen molar-refractivity contribution in [3.8, 4) is 11.5 Å². The minimum Gasteiger partial charge on any atom is -0.497 e. The molecule has 0 bridgehead atoms. The first-order valence-corrected chi connectivity index (χ1v) is 11.3. The number of ether oxygens (including phenoxy) is 2. The highest BCUT2D eigenvalue weighted by atomic mass is 35.5. The first-order valence-electron chi connectivity index (χ1n) is 10.1. The van der Waals surface area contributed by atoms with Crippen molar-refractivity contribution in [1.29, 1.82) is 0 Å². The van der Waals surface area contributed by atoms with Crippen molar-refractivity contribution in [1.82, 2.24) is 9.88 Å². The minimum absolute atomic E-state index is 0.0436. The van der Waals surface area contributed by atoms with E-state index in [0.717, 1.165) is 41.0 Å². The molecule has 0 atom stereocenters. The molecule has 2 aromatic carbocycles. The van der Waals surface area contributed by atoms with Gasteiger partial charge in [0.1, 0.15) is 28.0 Å². The molecule has 0 N–H and O–H groups in total. The second-order valence-corrected chi connectivity index (χ2v) is 8.76. The van der Waals surface area contributed by atoms with Gasteiger partial charge in [-0.3, -0.25) is 4.79 Å². The second kappa shape index (κ2) is 9.58. The van der Waals surface area contributed by atoms with Crippen molar-refractivity contribution in [2.24, 2.45) is 0 Å². The van der Waals surface area contributed by atoms with Gasteiger partial charge in [-0.1, -0.05) is 11.6 Å². The van der Waals surface area contributed by atoms with Crippen LogP contribution in [0.5, 0.6) is 11.5 Å². The molecule has 1 aliphatic heterocycles. The molecule has 1 aliphatic rings. The van der Waals surface area contributed by atoms with Gasteiger partial charge in [-0.05, 0) is 55.5 Å². The van der Waals surface area contributed by atoms with E-state index in [2.05, 4.69) is 22.0 Å². The molecule has 31 heavy (non-hydrogen) atoms. The molecule has 0 saturated carbocycles. The number of carbonyl (C=O) groups excluding carboxylic acids is 1. The Hall–Kier alpha value is -2.77. The van der Waals surface area contributed by atoms with Gasteiger partial charge in [0.25, 0.3) is 5.91 Å². The molecule has 2 heterocycles. The van der Waals surface area contributed by atoms with Crippen LogP contribution in [0.2, 0.25) is 5.02 Å². The summed E-state index contributed by atoms with van der Waals surface area (Å²) in [5.74, 6) is 1.61. The third-order valence-electron chi connectivity index (χ3n) is 5.22. The number of rotatable bonds is 6. The van der Waals surface area contributed by atoms with Crippen molar-refractivity contribution >= 4 is 34.5 Å². The highest BCUT2D eigenvalue weighted by Crippen LogP contribution is 2.25. The fraction of sp³-hybridized carbons (Fsp3) is 0.304. The summed E-state index contributed by atoms with van der Waals surface area (Å²) in [6, 6.07) is 15.2. The fourth-order valence-corrected chi connectivity index (χ4v) is 4.56. The third kappa shape index (κ3) is 5.11. The standard InChI is InChI=1S/C23H24ClN3O3S/c1-16-22(31-21(25-16)15-30-20-7-3-17(24)4-8-20)23(28)27-13-11-26(12-14-27)18-5-9-19(29-2)10-6-18/h3-10H,11-15H2,1-2H3. The lowest BCUT2D eigenvalue weighted by Gasteiger charge is -2.36. The van der Waals surface area contributed by atoms with E-state index in [1.165, 1.54) is 11.3 Å². The van der Waals surface area contributed by atoms with E-state index in [9.17, 15) is 4.79 Å². The van der Waals surface area contributed by atoms with Crippen molar-refractivity contribution in [3.05, 3.63) is 69.1 Å². The highest BCUT2D eigenvalue weighted by molar-refractivity contribution is 7.13. The molecule has 1 aromatic heterocycles. The van der Waals surface area contributed by atoms with E-state index in [1.807, 2.05) is 36.1 Å². The number of carbonyl (C=O) groups is 1. The molecule has 0 spiro atoms. The van der Waals surface area contributed by atoms with Gasteiger partial charge in [-0.25, -0.2) is 4.98 Å². The van der Waals surface area contributed by atoms with Gasteiger partial charge in [-0.15, -0.1) is 11.3 Å². The topological polar surface area (TPSA) is 54.9 Å². The van der Waals surface area contributed by atoms with E-state index in [1.54, 1.807) is 19.2 Å². The Bertz CT molecular complexity index is 1030. The van der Waals surface area contributed by atoms with E-state index < -0.39 is 0 Å². The number of aryl methyl sites for hydroxylation is 1. The lowest BCUT2D eigenvalue weighted by atomic mass is 10.2. The van der Waals surface area contributed by atoms with Crippen LogP contribution < -0.4 is 14.4 Å². The van der Waals surface area contributed by atoms with Gasteiger partial charge in [0, 0.05) is 36.9 Å². The molecular weight excluding hydrogens is 434 g/mol. The van der Waals surface area contributed by atoms with Crippen molar-refractivity contribution in [2.45, 2.75) is 13.5 Å². The van der Waals surface area contributed by atoms with Crippen LogP contribution >= 0.6 is 22.9 Å². The first kappa shape index (κ1) is 21.5. The number of thiazole rings is 1. The molecule has 162 valence electrons. The zero-order valence-electron chi connectivity index (χ0n) is 17.5. The summed E-state index contributed by atoms with van der Waals surface area (Å²) in [4.78, 5) is 22.5. The molecule has 0 radical (unpaired) electrons. The number of benzene rings is 2. The van der Waals surface area contributed by atoms with Gasteiger partial charge >= 0.3 is 0 Å². The van der Waals surface area contributed by atoms with Crippen LogP contribution in [-0.4, -0.2) is 49.1 Å². The molecule has 4 rings (SSSR count). The molecule has 8 heteroatoms. The second-order valence-electron chi connectivity index (χ2n) is 7.24. The lowest BCUT2D eigenvalue weighted by molar-refractivity contribution is 0.0750.